The number of carbonyl (C=O) groups is 1. The summed E-state index contributed by atoms with van der Waals surface area (Å²) in [6.07, 6.45) is 2.72. The average molecular weight is 269 g/mol. The highest BCUT2D eigenvalue weighted by Crippen LogP contribution is 2.22. The SMILES string of the molecule is CCOC(=O)c1nc[n+]([O-])c2c1ccc1ncccc12. The molecular formula is C14H11N3O3. The summed E-state index contributed by atoms with van der Waals surface area (Å²) >= 11 is 0. The van der Waals surface area contributed by atoms with Gasteiger partial charge in [-0.1, -0.05) is 0 Å². The molecule has 0 aliphatic rings. The third-order valence-corrected chi connectivity index (χ3v) is 2.99. The topological polar surface area (TPSA) is 79.0 Å². The van der Waals surface area contributed by atoms with Crippen molar-refractivity contribution in [3.63, 3.8) is 0 Å². The van der Waals surface area contributed by atoms with Gasteiger partial charge in [0.15, 0.2) is 5.52 Å². The Morgan fingerprint density at radius 1 is 1.30 bits per heavy atom. The second kappa shape index (κ2) is 4.73. The summed E-state index contributed by atoms with van der Waals surface area (Å²) < 4.78 is 5.60. The standard InChI is InChI=1S/C14H11N3O3/c1-2-20-14(18)12-10-5-6-11-9(4-3-7-15-11)13(10)17(19)8-16-12/h3-8H,2H2,1H3. The fourth-order valence-electron chi connectivity index (χ4n) is 2.16. The molecule has 0 radical (unpaired) electrons. The maximum absolute atomic E-state index is 12.0. The number of rotatable bonds is 2. The van der Waals surface area contributed by atoms with Crippen LogP contribution in [0.25, 0.3) is 21.8 Å². The van der Waals surface area contributed by atoms with Crippen LogP contribution in [0.4, 0.5) is 0 Å². The van der Waals surface area contributed by atoms with E-state index in [9.17, 15) is 10.0 Å². The van der Waals surface area contributed by atoms with Crippen LogP contribution >= 0.6 is 0 Å². The summed E-state index contributed by atoms with van der Waals surface area (Å²) in [5.41, 5.74) is 1.19. The minimum atomic E-state index is -0.540. The quantitative estimate of drug-likeness (QED) is 0.305. The first-order chi connectivity index (χ1) is 9.72. The van der Waals surface area contributed by atoms with Crippen LogP contribution in [0.1, 0.15) is 17.4 Å². The number of ether oxygens (including phenoxy) is 1. The Bertz CT molecular complexity index is 817. The Morgan fingerprint density at radius 3 is 2.95 bits per heavy atom. The van der Waals surface area contributed by atoms with Gasteiger partial charge in [0.05, 0.1) is 17.5 Å². The molecule has 2 heterocycles. The van der Waals surface area contributed by atoms with Gasteiger partial charge in [0.25, 0.3) is 12.0 Å². The fraction of sp³-hybridized carbons (Fsp3) is 0.143. The van der Waals surface area contributed by atoms with Crippen LogP contribution in [0, 0.1) is 5.21 Å². The van der Waals surface area contributed by atoms with Crippen molar-refractivity contribution >= 4 is 27.8 Å². The van der Waals surface area contributed by atoms with E-state index < -0.39 is 5.97 Å². The van der Waals surface area contributed by atoms with Gasteiger partial charge in [-0.15, -0.1) is 0 Å². The third-order valence-electron chi connectivity index (χ3n) is 2.99. The van der Waals surface area contributed by atoms with Crippen molar-refractivity contribution < 1.29 is 14.3 Å². The van der Waals surface area contributed by atoms with Gasteiger partial charge in [0.2, 0.25) is 0 Å². The highest BCUT2D eigenvalue weighted by atomic mass is 16.5. The van der Waals surface area contributed by atoms with E-state index in [4.69, 9.17) is 4.74 Å². The summed E-state index contributed by atoms with van der Waals surface area (Å²) in [5, 5.41) is 13.1. The Kier molecular flexibility index (Phi) is 2.90. The van der Waals surface area contributed by atoms with Crippen molar-refractivity contribution in [2.45, 2.75) is 6.92 Å². The van der Waals surface area contributed by atoms with Gasteiger partial charge < -0.3 is 9.94 Å². The molecule has 0 aliphatic carbocycles. The number of nitrogens with zero attached hydrogens (tertiary/aromatic N) is 3. The van der Waals surface area contributed by atoms with Crippen molar-refractivity contribution in [3.05, 3.63) is 47.7 Å². The third kappa shape index (κ3) is 1.82. The molecule has 20 heavy (non-hydrogen) atoms. The van der Waals surface area contributed by atoms with Gasteiger partial charge >= 0.3 is 5.97 Å². The van der Waals surface area contributed by atoms with E-state index >= 15 is 0 Å². The van der Waals surface area contributed by atoms with Crippen LogP contribution in [0.2, 0.25) is 0 Å². The molecule has 0 bridgehead atoms. The number of esters is 1. The molecule has 0 aliphatic heterocycles. The van der Waals surface area contributed by atoms with Crippen LogP contribution < -0.4 is 4.73 Å². The minimum Gasteiger partial charge on any atom is -0.710 e. The number of hydrogen-bond acceptors (Lipinski definition) is 5. The van der Waals surface area contributed by atoms with Crippen molar-refractivity contribution in [3.8, 4) is 0 Å². The van der Waals surface area contributed by atoms with E-state index in [2.05, 4.69) is 9.97 Å². The molecular weight excluding hydrogens is 258 g/mol. The Balaban J connectivity index is 2.39. The van der Waals surface area contributed by atoms with E-state index in [0.717, 1.165) is 6.33 Å². The zero-order chi connectivity index (χ0) is 14.1. The Hall–Kier alpha value is -2.76. The predicted octanol–water partition coefficient (Wildman–Crippen LogP) is 1.59. The van der Waals surface area contributed by atoms with Gasteiger partial charge in [-0.05, 0) is 36.2 Å². The van der Waals surface area contributed by atoms with Gasteiger partial charge in [-0.3, -0.25) is 4.98 Å². The lowest BCUT2D eigenvalue weighted by Crippen LogP contribution is -2.29. The Labute approximate surface area is 114 Å². The number of fused-ring (bicyclic) bond motifs is 3. The summed E-state index contributed by atoms with van der Waals surface area (Å²) in [6.45, 7) is 1.97. The lowest BCUT2D eigenvalue weighted by molar-refractivity contribution is -0.579. The molecule has 6 nitrogen and oxygen atoms in total. The molecule has 100 valence electrons. The molecule has 1 aromatic carbocycles. The van der Waals surface area contributed by atoms with Crippen molar-refractivity contribution in [2.24, 2.45) is 0 Å². The molecule has 2 aromatic heterocycles. The molecule has 6 heteroatoms. The number of carbonyl (C=O) groups excluding carboxylic acids is 1. The largest absolute Gasteiger partial charge is 0.710 e. The van der Waals surface area contributed by atoms with Gasteiger partial charge in [0.1, 0.15) is 0 Å². The molecule has 0 N–H and O–H groups in total. The van der Waals surface area contributed by atoms with Crippen molar-refractivity contribution in [2.75, 3.05) is 6.61 Å². The Morgan fingerprint density at radius 2 is 2.15 bits per heavy atom. The average Bonchev–Trinajstić information content (AvgIpc) is 2.47. The molecule has 3 aromatic rings. The van der Waals surface area contributed by atoms with Crippen LogP contribution in [0.3, 0.4) is 0 Å². The van der Waals surface area contributed by atoms with Crippen LogP contribution in [0.15, 0.2) is 36.8 Å². The van der Waals surface area contributed by atoms with Gasteiger partial charge in [0, 0.05) is 11.6 Å². The second-order valence-electron chi connectivity index (χ2n) is 4.17. The lowest BCUT2D eigenvalue weighted by atomic mass is 10.1. The molecule has 0 amide bonds. The number of benzene rings is 1. The van der Waals surface area contributed by atoms with Gasteiger partial charge in [-0.2, -0.15) is 0 Å². The first-order valence-electron chi connectivity index (χ1n) is 6.15. The zero-order valence-electron chi connectivity index (χ0n) is 10.7. The molecule has 0 atom stereocenters. The number of aromatic nitrogens is 3. The smallest absolute Gasteiger partial charge is 0.383 e. The van der Waals surface area contributed by atoms with E-state index in [-0.39, 0.29) is 12.3 Å². The highest BCUT2D eigenvalue weighted by Gasteiger charge is 2.21. The second-order valence-corrected chi connectivity index (χ2v) is 4.17. The maximum atomic E-state index is 12.0. The summed E-state index contributed by atoms with van der Waals surface area (Å²) in [6, 6.07) is 6.95. The van der Waals surface area contributed by atoms with Gasteiger partial charge in [-0.25, -0.2) is 9.52 Å². The van der Waals surface area contributed by atoms with E-state index in [1.54, 1.807) is 37.4 Å². The molecule has 3 rings (SSSR count). The summed E-state index contributed by atoms with van der Waals surface area (Å²) in [5.74, 6) is -0.540. The minimum absolute atomic E-state index is 0.139. The van der Waals surface area contributed by atoms with Crippen molar-refractivity contribution in [1.29, 1.82) is 0 Å². The molecule has 0 fully saturated rings. The van der Waals surface area contributed by atoms with E-state index in [1.807, 2.05) is 0 Å². The lowest BCUT2D eigenvalue weighted by Gasteiger charge is -2.09. The first kappa shape index (κ1) is 12.3. The number of pyridine rings is 1. The molecule has 0 saturated heterocycles. The van der Waals surface area contributed by atoms with E-state index in [1.165, 1.54) is 0 Å². The summed E-state index contributed by atoms with van der Waals surface area (Å²) in [7, 11) is 0. The van der Waals surface area contributed by atoms with Crippen LogP contribution in [-0.2, 0) is 4.74 Å². The molecule has 0 saturated carbocycles. The fourth-order valence-corrected chi connectivity index (χ4v) is 2.16. The predicted molar refractivity (Wildman–Crippen MR) is 72.0 cm³/mol. The van der Waals surface area contributed by atoms with Crippen molar-refractivity contribution in [1.82, 2.24) is 9.97 Å². The number of hydrogen-bond donors (Lipinski definition) is 0. The normalized spacial score (nSPS) is 10.8. The first-order valence-corrected chi connectivity index (χ1v) is 6.15. The monoisotopic (exact) mass is 269 g/mol. The highest BCUT2D eigenvalue weighted by molar-refractivity contribution is 6.09. The maximum Gasteiger partial charge on any atom is 0.383 e. The zero-order valence-corrected chi connectivity index (χ0v) is 10.7. The molecule has 0 spiro atoms. The van der Waals surface area contributed by atoms with Crippen LogP contribution in [-0.4, -0.2) is 22.5 Å². The van der Waals surface area contributed by atoms with E-state index in [0.29, 0.717) is 26.5 Å². The molecule has 0 unspecified atom stereocenters. The summed E-state index contributed by atoms with van der Waals surface area (Å²) in [4.78, 5) is 20.0. The van der Waals surface area contributed by atoms with Crippen LogP contribution in [0.5, 0.6) is 0 Å².